The molecule has 0 bridgehead atoms. The largest absolute Gasteiger partial charge is 0.396 e. The lowest BCUT2D eigenvalue weighted by molar-refractivity contribution is -0.146. The molecule has 2 aromatic rings. The number of halogens is 2. The van der Waals surface area contributed by atoms with Crippen LogP contribution >= 0.6 is 11.6 Å². The van der Waals surface area contributed by atoms with Crippen LogP contribution in [0.25, 0.3) is 0 Å². The smallest absolute Gasteiger partial charge is 0.264 e. The summed E-state index contributed by atoms with van der Waals surface area (Å²) < 4.78 is 22.0. The van der Waals surface area contributed by atoms with Gasteiger partial charge in [0.25, 0.3) is 5.91 Å². The molecule has 2 aromatic carbocycles. The van der Waals surface area contributed by atoms with Crippen LogP contribution in [0.2, 0.25) is 23.7 Å². The van der Waals surface area contributed by atoms with E-state index in [2.05, 4.69) is 0 Å². The second kappa shape index (κ2) is 8.69. The zero-order valence-corrected chi connectivity index (χ0v) is 21.9. The van der Waals surface area contributed by atoms with Crippen LogP contribution < -0.4 is 9.80 Å². The minimum absolute atomic E-state index is 0.110. The van der Waals surface area contributed by atoms with Crippen LogP contribution in [-0.2, 0) is 26.5 Å². The standard InChI is InChI=1S/C26H30ClFN2O4Si/c1-16-24(35(2,3)28)22(11-13-31)34-26(16)20-14-18(27)6-9-21(20)30(25(26)33)15-17-4-7-19(8-5-17)29-12-10-23(29)32/h4-9,14,16,22,24,31H,10-13,15H2,1-3H3/t16-,22+,24-,26+/m0/s1. The number of nitrogens with zero attached hydrogens (tertiary/aromatic N) is 2. The molecule has 2 saturated heterocycles. The Balaban J connectivity index is 1.52. The molecule has 1 spiro atoms. The van der Waals surface area contributed by atoms with Gasteiger partial charge < -0.3 is 23.8 Å². The highest BCUT2D eigenvalue weighted by Gasteiger charge is 2.66. The second-order valence-corrected chi connectivity index (χ2v) is 14.5. The third kappa shape index (κ3) is 3.82. The maximum Gasteiger partial charge on any atom is 0.264 e. The Morgan fingerprint density at radius 1 is 1.20 bits per heavy atom. The molecule has 9 heteroatoms. The Hall–Kier alpha value is -2.26. The van der Waals surface area contributed by atoms with Crippen molar-refractivity contribution in [3.63, 3.8) is 0 Å². The van der Waals surface area contributed by atoms with Crippen molar-refractivity contribution in [1.29, 1.82) is 0 Å². The molecule has 3 heterocycles. The lowest BCUT2D eigenvalue weighted by atomic mass is 9.82. The predicted molar refractivity (Wildman–Crippen MR) is 136 cm³/mol. The fraction of sp³-hybridized carbons (Fsp3) is 0.462. The lowest BCUT2D eigenvalue weighted by Crippen LogP contribution is -2.45. The molecule has 0 unspecified atom stereocenters. The Kier molecular flexibility index (Phi) is 6.07. The number of β-lactam (4-membered cyclic amide) rings is 1. The first-order chi connectivity index (χ1) is 16.6. The predicted octanol–water partition coefficient (Wildman–Crippen LogP) is 4.78. The summed E-state index contributed by atoms with van der Waals surface area (Å²) in [7, 11) is -3.23. The van der Waals surface area contributed by atoms with E-state index in [4.69, 9.17) is 16.3 Å². The maximum absolute atomic E-state index is 15.5. The molecule has 186 valence electrons. The highest BCUT2D eigenvalue weighted by Crippen LogP contribution is 2.60. The van der Waals surface area contributed by atoms with Crippen molar-refractivity contribution in [2.24, 2.45) is 5.92 Å². The zero-order chi connectivity index (χ0) is 25.1. The summed E-state index contributed by atoms with van der Waals surface area (Å²) in [5.41, 5.74) is 1.33. The van der Waals surface area contributed by atoms with Gasteiger partial charge in [-0.1, -0.05) is 30.7 Å². The molecule has 0 saturated carbocycles. The number of amides is 2. The van der Waals surface area contributed by atoms with Gasteiger partial charge in [0.2, 0.25) is 14.3 Å². The SMILES string of the molecule is C[C@H]1[C@H]([Si](C)(C)F)[C@@H](CCO)O[C@]12C(=O)N(Cc1ccc(N3CCC3=O)cc1)c1ccc(Cl)cc12. The zero-order valence-electron chi connectivity index (χ0n) is 20.1. The number of aliphatic hydroxyl groups is 1. The Bertz CT molecular complexity index is 1170. The molecule has 6 nitrogen and oxygen atoms in total. The van der Waals surface area contributed by atoms with E-state index in [0.29, 0.717) is 29.2 Å². The highest BCUT2D eigenvalue weighted by atomic mass is 35.5. The van der Waals surface area contributed by atoms with Gasteiger partial charge in [-0.3, -0.25) is 9.59 Å². The molecule has 35 heavy (non-hydrogen) atoms. The average molecular weight is 517 g/mol. The Morgan fingerprint density at radius 2 is 1.91 bits per heavy atom. The molecule has 2 fully saturated rings. The van der Waals surface area contributed by atoms with E-state index in [9.17, 15) is 14.7 Å². The number of hydrogen-bond donors (Lipinski definition) is 1. The number of anilines is 2. The number of fused-ring (bicyclic) bond motifs is 2. The first kappa shape index (κ1) is 24.4. The molecule has 2 amide bonds. The van der Waals surface area contributed by atoms with E-state index in [1.54, 1.807) is 35.0 Å². The minimum atomic E-state index is -3.23. The maximum atomic E-state index is 15.5. The summed E-state index contributed by atoms with van der Waals surface area (Å²) in [5.74, 6) is -0.535. The van der Waals surface area contributed by atoms with Crippen molar-refractivity contribution in [1.82, 2.24) is 0 Å². The molecule has 4 atom stereocenters. The topological polar surface area (TPSA) is 70.1 Å². The molecule has 3 aliphatic heterocycles. The third-order valence-electron chi connectivity index (χ3n) is 7.78. The molecule has 5 rings (SSSR count). The van der Waals surface area contributed by atoms with Crippen LogP contribution in [0.1, 0.15) is 30.9 Å². The number of rotatable bonds is 6. The fourth-order valence-electron chi connectivity index (χ4n) is 6.13. The number of carbonyl (C=O) groups is 2. The van der Waals surface area contributed by atoms with Crippen LogP contribution in [0.4, 0.5) is 15.5 Å². The number of carbonyl (C=O) groups excluding carboxylic acids is 2. The van der Waals surface area contributed by atoms with Gasteiger partial charge in [-0.05, 0) is 55.4 Å². The summed E-state index contributed by atoms with van der Waals surface area (Å²) in [4.78, 5) is 29.3. The number of hydrogen-bond acceptors (Lipinski definition) is 4. The van der Waals surface area contributed by atoms with Crippen molar-refractivity contribution in [2.75, 3.05) is 23.0 Å². The van der Waals surface area contributed by atoms with E-state index in [1.807, 2.05) is 37.3 Å². The Labute approximate surface area is 210 Å². The molecule has 1 N–H and O–H groups in total. The van der Waals surface area contributed by atoms with Crippen molar-refractivity contribution in [3.8, 4) is 0 Å². The first-order valence-electron chi connectivity index (χ1n) is 12.1. The molecule has 0 aromatic heterocycles. The van der Waals surface area contributed by atoms with Gasteiger partial charge in [0, 0.05) is 47.3 Å². The summed E-state index contributed by atoms with van der Waals surface area (Å²) in [5, 5.41) is 10.1. The number of ether oxygens (including phenoxy) is 1. The van der Waals surface area contributed by atoms with Gasteiger partial charge >= 0.3 is 0 Å². The van der Waals surface area contributed by atoms with Crippen LogP contribution in [-0.4, -0.2) is 44.6 Å². The van der Waals surface area contributed by atoms with E-state index in [0.717, 1.165) is 17.8 Å². The number of benzene rings is 2. The lowest BCUT2D eigenvalue weighted by Gasteiger charge is -2.31. The minimum Gasteiger partial charge on any atom is -0.396 e. The normalized spacial score (nSPS) is 28.1. The van der Waals surface area contributed by atoms with E-state index in [1.165, 1.54) is 0 Å². The van der Waals surface area contributed by atoms with Crippen LogP contribution in [0, 0.1) is 5.92 Å². The van der Waals surface area contributed by atoms with Crippen molar-refractivity contribution in [3.05, 3.63) is 58.6 Å². The van der Waals surface area contributed by atoms with Gasteiger partial charge in [0.05, 0.1) is 18.3 Å². The van der Waals surface area contributed by atoms with Crippen molar-refractivity contribution < 1.29 is 23.5 Å². The van der Waals surface area contributed by atoms with E-state index < -0.39 is 31.6 Å². The molecule has 0 radical (unpaired) electrons. The van der Waals surface area contributed by atoms with Gasteiger partial charge in [-0.2, -0.15) is 0 Å². The average Bonchev–Trinajstić information content (AvgIpc) is 3.21. The van der Waals surface area contributed by atoms with Crippen LogP contribution in [0.5, 0.6) is 0 Å². The summed E-state index contributed by atoms with van der Waals surface area (Å²) in [6.45, 7) is 6.06. The first-order valence-corrected chi connectivity index (χ1v) is 15.4. The second-order valence-electron chi connectivity index (χ2n) is 10.3. The Morgan fingerprint density at radius 3 is 2.49 bits per heavy atom. The van der Waals surface area contributed by atoms with Gasteiger partial charge in [0.15, 0.2) is 5.60 Å². The van der Waals surface area contributed by atoms with E-state index in [-0.39, 0.29) is 24.8 Å². The quantitative estimate of drug-likeness (QED) is 0.341. The summed E-state index contributed by atoms with van der Waals surface area (Å²) in [6, 6.07) is 12.9. The van der Waals surface area contributed by atoms with Crippen LogP contribution in [0.3, 0.4) is 0 Å². The molecular formula is C26H30ClFN2O4Si. The molecular weight excluding hydrogens is 487 g/mol. The van der Waals surface area contributed by atoms with Gasteiger partial charge in [-0.15, -0.1) is 0 Å². The van der Waals surface area contributed by atoms with Crippen molar-refractivity contribution >= 4 is 43.2 Å². The summed E-state index contributed by atoms with van der Waals surface area (Å²) >= 11 is 6.37. The summed E-state index contributed by atoms with van der Waals surface area (Å²) in [6.07, 6.45) is 0.294. The third-order valence-corrected chi connectivity index (χ3v) is 10.5. The fourth-order valence-corrected chi connectivity index (χ4v) is 8.84. The van der Waals surface area contributed by atoms with E-state index >= 15 is 4.11 Å². The van der Waals surface area contributed by atoms with Gasteiger partial charge in [-0.25, -0.2) is 0 Å². The highest BCUT2D eigenvalue weighted by molar-refractivity contribution is 6.72. The van der Waals surface area contributed by atoms with Crippen LogP contribution in [0.15, 0.2) is 42.5 Å². The monoisotopic (exact) mass is 516 g/mol. The molecule has 3 aliphatic rings. The van der Waals surface area contributed by atoms with Crippen molar-refractivity contribution in [2.45, 2.75) is 56.7 Å². The van der Waals surface area contributed by atoms with Gasteiger partial charge in [0.1, 0.15) is 0 Å². The number of aliphatic hydroxyl groups excluding tert-OH is 1. The molecule has 0 aliphatic carbocycles.